The maximum atomic E-state index is 15.3. The Labute approximate surface area is 250 Å². The van der Waals surface area contributed by atoms with Gasteiger partial charge in [-0.2, -0.15) is 9.49 Å². The number of nitrogens with one attached hydrogen (secondary N) is 2. The minimum absolute atomic E-state index is 0.00148. The number of pyridine rings is 1. The van der Waals surface area contributed by atoms with E-state index < -0.39 is 36.7 Å². The highest BCUT2D eigenvalue weighted by Gasteiger charge is 2.25. The van der Waals surface area contributed by atoms with Crippen LogP contribution in [0.25, 0.3) is 11.1 Å². The van der Waals surface area contributed by atoms with Crippen LogP contribution in [0.2, 0.25) is 25.7 Å². The Bertz CT molecular complexity index is 1360. The van der Waals surface area contributed by atoms with E-state index >= 15 is 4.39 Å². The van der Waals surface area contributed by atoms with Crippen molar-refractivity contribution in [1.82, 2.24) is 25.2 Å². The number of hydrogen-bond acceptors (Lipinski definition) is 7. The molecule has 0 aromatic carbocycles. The number of halogens is 3. The molecule has 0 aliphatic rings. The summed E-state index contributed by atoms with van der Waals surface area (Å²) in [4.78, 5) is 29.2. The molecule has 0 aliphatic heterocycles. The van der Waals surface area contributed by atoms with Crippen LogP contribution in [0.3, 0.4) is 0 Å². The molecule has 3 heterocycles. The number of aromatic nitrogens is 4. The Morgan fingerprint density at radius 3 is 2.49 bits per heavy atom. The van der Waals surface area contributed by atoms with Crippen LogP contribution in [0, 0.1) is 26.7 Å². The highest BCUT2D eigenvalue weighted by atomic mass is 35.5. The first-order valence-electron chi connectivity index (χ1n) is 13.4. The molecule has 0 aliphatic carbocycles. The maximum absolute atomic E-state index is 15.3. The first-order valence-corrected chi connectivity index (χ1v) is 17.9. The minimum atomic E-state index is -1.21. The third-order valence-corrected chi connectivity index (χ3v) is 8.63. The zero-order chi connectivity index (χ0) is 30.3. The molecule has 0 bridgehead atoms. The second kappa shape index (κ2) is 14.4. The van der Waals surface area contributed by atoms with E-state index in [-0.39, 0.29) is 30.1 Å². The van der Waals surface area contributed by atoms with Crippen molar-refractivity contribution in [2.45, 2.75) is 83.3 Å². The average Bonchev–Trinajstić information content (AvgIpc) is 3.42. The average molecular weight is 628 g/mol. The summed E-state index contributed by atoms with van der Waals surface area (Å²) < 4.78 is 27.6. The lowest BCUT2D eigenvalue weighted by Crippen LogP contribution is -2.44. The quantitative estimate of drug-likeness (QED) is 0.0970. The summed E-state index contributed by atoms with van der Waals surface area (Å²) in [6, 6.07) is 3.13. The molecular formula is C27H37Cl2FN6O4Si. The number of aryl methyl sites for hydroxylation is 2. The van der Waals surface area contributed by atoms with Gasteiger partial charge in [-0.25, -0.2) is 9.67 Å². The summed E-state index contributed by atoms with van der Waals surface area (Å²) in [5, 5.41) is 13.5. The van der Waals surface area contributed by atoms with Gasteiger partial charge in [0.05, 0.1) is 11.4 Å². The lowest BCUT2D eigenvalue weighted by molar-refractivity contribution is -0.118. The molecule has 0 unspecified atom stereocenters. The molecular weight excluding hydrogens is 590 g/mol. The van der Waals surface area contributed by atoms with Crippen molar-refractivity contribution < 1.29 is 23.2 Å². The van der Waals surface area contributed by atoms with Crippen LogP contribution in [-0.4, -0.2) is 57.3 Å². The van der Waals surface area contributed by atoms with Gasteiger partial charge in [-0.15, -0.1) is 23.2 Å². The smallest absolute Gasteiger partial charge is 0.257 e. The van der Waals surface area contributed by atoms with E-state index in [1.165, 1.54) is 12.3 Å². The molecule has 41 heavy (non-hydrogen) atoms. The topological polar surface area (TPSA) is 124 Å². The lowest BCUT2D eigenvalue weighted by atomic mass is 10.1. The van der Waals surface area contributed by atoms with Gasteiger partial charge in [0.1, 0.15) is 35.3 Å². The SMILES string of the molecule is Cc1nocc1C(=O)N[C@@H](CCCC(Cl)Cl)C(=O)Nc1ccc(-c2c(C)nn(COCC[Si](C)(C)C)c2C)c(F)n1. The third-order valence-electron chi connectivity index (χ3n) is 6.49. The van der Waals surface area contributed by atoms with Crippen molar-refractivity contribution in [3.8, 4) is 11.1 Å². The van der Waals surface area contributed by atoms with Crippen molar-refractivity contribution in [1.29, 1.82) is 0 Å². The molecule has 0 saturated heterocycles. The minimum Gasteiger partial charge on any atom is -0.364 e. The Kier molecular flexibility index (Phi) is 11.5. The summed E-state index contributed by atoms with van der Waals surface area (Å²) in [6.45, 7) is 13.0. The van der Waals surface area contributed by atoms with Crippen LogP contribution in [0.1, 0.15) is 46.7 Å². The van der Waals surface area contributed by atoms with E-state index in [1.54, 1.807) is 24.6 Å². The molecule has 3 rings (SSSR count). The van der Waals surface area contributed by atoms with Gasteiger partial charge in [-0.1, -0.05) is 24.8 Å². The molecule has 0 fully saturated rings. The Morgan fingerprint density at radius 1 is 1.15 bits per heavy atom. The molecule has 3 aromatic rings. The van der Waals surface area contributed by atoms with E-state index in [2.05, 4.69) is 45.5 Å². The number of alkyl halides is 2. The zero-order valence-corrected chi connectivity index (χ0v) is 26.7. The van der Waals surface area contributed by atoms with Crippen LogP contribution >= 0.6 is 23.2 Å². The predicted molar refractivity (Wildman–Crippen MR) is 159 cm³/mol. The summed E-state index contributed by atoms with van der Waals surface area (Å²) in [5.74, 6) is -1.86. The molecule has 2 N–H and O–H groups in total. The number of ether oxygens (including phenoxy) is 1. The first kappa shape index (κ1) is 32.7. The number of carbonyl (C=O) groups is 2. The number of anilines is 1. The molecule has 3 aromatic heterocycles. The van der Waals surface area contributed by atoms with Crippen LogP contribution in [0.5, 0.6) is 0 Å². The van der Waals surface area contributed by atoms with Crippen molar-refractivity contribution in [3.63, 3.8) is 0 Å². The number of carbonyl (C=O) groups excluding carboxylic acids is 2. The van der Waals surface area contributed by atoms with Gasteiger partial charge < -0.3 is 19.9 Å². The molecule has 0 saturated carbocycles. The predicted octanol–water partition coefficient (Wildman–Crippen LogP) is 6.02. The van der Waals surface area contributed by atoms with Crippen molar-refractivity contribution in [2.24, 2.45) is 0 Å². The number of amides is 2. The molecule has 14 heteroatoms. The Morgan fingerprint density at radius 2 is 1.88 bits per heavy atom. The zero-order valence-electron chi connectivity index (χ0n) is 24.2. The van der Waals surface area contributed by atoms with Crippen LogP contribution in [-0.2, 0) is 16.3 Å². The van der Waals surface area contributed by atoms with Crippen molar-refractivity contribution in [3.05, 3.63) is 47.0 Å². The second-order valence-corrected chi connectivity index (χ2v) is 18.0. The van der Waals surface area contributed by atoms with Gasteiger partial charge in [-0.3, -0.25) is 9.59 Å². The van der Waals surface area contributed by atoms with Gasteiger partial charge in [0, 0.05) is 31.5 Å². The lowest BCUT2D eigenvalue weighted by Gasteiger charge is -2.18. The molecule has 1 atom stereocenters. The highest BCUT2D eigenvalue weighted by Crippen LogP contribution is 2.29. The summed E-state index contributed by atoms with van der Waals surface area (Å²) >= 11 is 11.7. The molecule has 0 radical (unpaired) electrons. The van der Waals surface area contributed by atoms with Crippen LogP contribution in [0.15, 0.2) is 22.9 Å². The number of hydrogen-bond donors (Lipinski definition) is 2. The normalized spacial score (nSPS) is 12.5. The van der Waals surface area contributed by atoms with Crippen LogP contribution < -0.4 is 10.6 Å². The highest BCUT2D eigenvalue weighted by molar-refractivity contribution is 6.76. The summed E-state index contributed by atoms with van der Waals surface area (Å²) in [6.07, 6.45) is 2.33. The summed E-state index contributed by atoms with van der Waals surface area (Å²) in [5.41, 5.74) is 2.85. The van der Waals surface area contributed by atoms with E-state index in [1.807, 2.05) is 6.92 Å². The Hall–Kier alpha value is -2.80. The molecule has 0 spiro atoms. The van der Waals surface area contributed by atoms with Crippen LogP contribution in [0.4, 0.5) is 10.2 Å². The van der Waals surface area contributed by atoms with Gasteiger partial charge in [-0.05, 0) is 58.2 Å². The summed E-state index contributed by atoms with van der Waals surface area (Å²) in [7, 11) is -1.21. The fraction of sp³-hybridized carbons (Fsp3) is 0.519. The largest absolute Gasteiger partial charge is 0.364 e. The Balaban J connectivity index is 1.73. The van der Waals surface area contributed by atoms with Gasteiger partial charge in [0.15, 0.2) is 0 Å². The van der Waals surface area contributed by atoms with E-state index in [0.29, 0.717) is 36.4 Å². The van der Waals surface area contributed by atoms with Gasteiger partial charge in [0.25, 0.3) is 5.91 Å². The standard InChI is InChI=1S/C27H37Cl2FN6O4Si/c1-16-20(14-40-35-16)26(37)31-21(8-7-9-22(28)29)27(38)33-23-11-10-19(25(30)32-23)24-17(2)34-36(18(24)3)15-39-12-13-41(4,5)6/h10-11,14,21-22H,7-9,12-13,15H2,1-6H3,(H,31,37)(H,32,33,38)/t21-/m0/s1. The van der Waals surface area contributed by atoms with E-state index in [9.17, 15) is 9.59 Å². The first-order chi connectivity index (χ1) is 19.3. The van der Waals surface area contributed by atoms with E-state index in [0.717, 1.165) is 11.7 Å². The third kappa shape index (κ3) is 9.35. The van der Waals surface area contributed by atoms with E-state index in [4.69, 9.17) is 32.5 Å². The van der Waals surface area contributed by atoms with Crippen molar-refractivity contribution in [2.75, 3.05) is 11.9 Å². The maximum Gasteiger partial charge on any atom is 0.257 e. The number of nitrogens with zero attached hydrogens (tertiary/aromatic N) is 4. The molecule has 10 nitrogen and oxygen atoms in total. The number of rotatable bonds is 14. The molecule has 224 valence electrons. The van der Waals surface area contributed by atoms with Gasteiger partial charge in [0.2, 0.25) is 11.9 Å². The monoisotopic (exact) mass is 626 g/mol. The van der Waals surface area contributed by atoms with Crippen molar-refractivity contribution >= 4 is 48.9 Å². The molecule has 2 amide bonds. The fourth-order valence-electron chi connectivity index (χ4n) is 4.14. The van der Waals surface area contributed by atoms with Gasteiger partial charge >= 0.3 is 0 Å². The fourth-order valence-corrected chi connectivity index (χ4v) is 5.20. The second-order valence-electron chi connectivity index (χ2n) is 11.1.